The molecule has 16 heteroatoms. The van der Waals surface area contributed by atoms with Crippen molar-refractivity contribution in [2.75, 3.05) is 4.90 Å². The first-order valence-electron chi connectivity index (χ1n) is 5.83. The molecule has 0 atom stereocenters. The SMILES string of the molecule is Clc1nc(Cl)nc(N(c2nc(Cl)nc(Cl)n2)c2nc(Cl)nc(Cl)n2)n1. The lowest BCUT2D eigenvalue weighted by Gasteiger charge is -2.18. The highest BCUT2D eigenvalue weighted by atomic mass is 35.5. The number of rotatable bonds is 3. The van der Waals surface area contributed by atoms with Crippen molar-refractivity contribution in [3.63, 3.8) is 0 Å². The molecule has 0 bridgehead atoms. The molecule has 3 heterocycles. The lowest BCUT2D eigenvalue weighted by atomic mass is 10.6. The highest BCUT2D eigenvalue weighted by molar-refractivity contribution is 6.32. The van der Waals surface area contributed by atoms with E-state index in [0.29, 0.717) is 0 Å². The molecule has 0 saturated carbocycles. The monoisotopic (exact) mass is 458 g/mol. The molecule has 0 aliphatic carbocycles. The lowest BCUT2D eigenvalue weighted by Crippen LogP contribution is -2.20. The Balaban J connectivity index is 2.27. The van der Waals surface area contributed by atoms with E-state index in [1.165, 1.54) is 0 Å². The first-order chi connectivity index (χ1) is 11.8. The number of aromatic nitrogens is 9. The van der Waals surface area contributed by atoms with Gasteiger partial charge in [0.2, 0.25) is 49.5 Å². The number of hydrogen-bond acceptors (Lipinski definition) is 10. The van der Waals surface area contributed by atoms with E-state index < -0.39 is 0 Å². The fraction of sp³-hybridized carbons (Fsp3) is 0. The zero-order valence-corrected chi connectivity index (χ0v) is 15.8. The summed E-state index contributed by atoms with van der Waals surface area (Å²) in [6.45, 7) is 0. The summed E-state index contributed by atoms with van der Waals surface area (Å²) < 4.78 is 0. The van der Waals surface area contributed by atoms with Crippen molar-refractivity contribution in [3.8, 4) is 0 Å². The maximum atomic E-state index is 5.81. The van der Waals surface area contributed by atoms with Gasteiger partial charge in [0, 0.05) is 0 Å². The van der Waals surface area contributed by atoms with Crippen LogP contribution in [-0.4, -0.2) is 44.9 Å². The number of anilines is 3. The molecule has 0 aromatic carbocycles. The minimum atomic E-state index is -0.211. The Morgan fingerprint density at radius 1 is 0.360 bits per heavy atom. The largest absolute Gasteiger partial charge is 0.245 e. The van der Waals surface area contributed by atoms with E-state index in [0.717, 1.165) is 4.90 Å². The Kier molecular flexibility index (Phi) is 5.46. The molecule has 0 fully saturated rings. The minimum Gasteiger partial charge on any atom is -0.213 e. The lowest BCUT2D eigenvalue weighted by molar-refractivity contribution is 0.905. The maximum Gasteiger partial charge on any atom is 0.245 e. The van der Waals surface area contributed by atoms with Gasteiger partial charge in [0.05, 0.1) is 0 Å². The van der Waals surface area contributed by atoms with Gasteiger partial charge in [0.1, 0.15) is 0 Å². The number of halogens is 6. The maximum absolute atomic E-state index is 5.81. The van der Waals surface area contributed by atoms with Crippen LogP contribution in [0.1, 0.15) is 0 Å². The fourth-order valence-electron chi connectivity index (χ4n) is 1.52. The van der Waals surface area contributed by atoms with Crippen LogP contribution in [0.5, 0.6) is 0 Å². The van der Waals surface area contributed by atoms with E-state index >= 15 is 0 Å². The van der Waals surface area contributed by atoms with Crippen LogP contribution in [-0.2, 0) is 0 Å². The molecule has 0 aliphatic heterocycles. The van der Waals surface area contributed by atoms with E-state index in [-0.39, 0.29) is 49.5 Å². The van der Waals surface area contributed by atoms with Gasteiger partial charge in [-0.05, 0) is 69.6 Å². The summed E-state index contributed by atoms with van der Waals surface area (Å²) in [6, 6.07) is 0. The standard InChI is InChI=1S/C9Cl6N10/c10-1-16-2(11)20-7(19-1)25(8-21-3(12)17-4(13)22-8)9-23-5(14)18-6(15)24-9. The predicted octanol–water partition coefficient (Wildman–Crippen LogP) is 3.63. The summed E-state index contributed by atoms with van der Waals surface area (Å²) in [5.74, 6) is -0.454. The summed E-state index contributed by atoms with van der Waals surface area (Å²) in [5, 5.41) is -1.26. The van der Waals surface area contributed by atoms with E-state index in [1.807, 2.05) is 0 Å². The van der Waals surface area contributed by atoms with Crippen molar-refractivity contribution in [3.05, 3.63) is 31.7 Å². The van der Waals surface area contributed by atoms with Crippen LogP contribution in [0.25, 0.3) is 0 Å². The van der Waals surface area contributed by atoms with E-state index in [2.05, 4.69) is 44.9 Å². The van der Waals surface area contributed by atoms with Gasteiger partial charge < -0.3 is 0 Å². The number of nitrogens with zero attached hydrogens (tertiary/aromatic N) is 10. The molecule has 3 aromatic rings. The van der Waals surface area contributed by atoms with Crippen molar-refractivity contribution in [1.29, 1.82) is 0 Å². The average molecular weight is 461 g/mol. The second-order valence-corrected chi connectivity index (χ2v) is 5.88. The Bertz CT molecular complexity index is 771. The quantitative estimate of drug-likeness (QED) is 0.572. The van der Waals surface area contributed by atoms with Gasteiger partial charge in [-0.25, -0.2) is 4.90 Å². The molecule has 0 radical (unpaired) electrons. The molecule has 0 aliphatic rings. The predicted molar refractivity (Wildman–Crippen MR) is 91.3 cm³/mol. The molecule has 0 saturated heterocycles. The van der Waals surface area contributed by atoms with Crippen LogP contribution in [0.2, 0.25) is 31.7 Å². The molecule has 10 nitrogen and oxygen atoms in total. The fourth-order valence-corrected chi connectivity index (χ4v) is 2.58. The molecule has 128 valence electrons. The van der Waals surface area contributed by atoms with Crippen LogP contribution >= 0.6 is 69.6 Å². The highest BCUT2D eigenvalue weighted by Gasteiger charge is 2.25. The first-order valence-corrected chi connectivity index (χ1v) is 8.10. The zero-order valence-electron chi connectivity index (χ0n) is 11.2. The summed E-state index contributed by atoms with van der Waals surface area (Å²) in [4.78, 5) is 35.5. The van der Waals surface area contributed by atoms with Crippen LogP contribution in [0.4, 0.5) is 17.8 Å². The van der Waals surface area contributed by atoms with E-state index in [9.17, 15) is 0 Å². The molecule has 0 N–H and O–H groups in total. The molecule has 3 rings (SSSR count). The van der Waals surface area contributed by atoms with Gasteiger partial charge in [0.15, 0.2) is 0 Å². The van der Waals surface area contributed by atoms with Gasteiger partial charge in [0.25, 0.3) is 0 Å². The molecule has 25 heavy (non-hydrogen) atoms. The van der Waals surface area contributed by atoms with Crippen LogP contribution in [0.15, 0.2) is 0 Å². The van der Waals surface area contributed by atoms with Crippen LogP contribution in [0.3, 0.4) is 0 Å². The molecular weight excluding hydrogens is 461 g/mol. The van der Waals surface area contributed by atoms with Crippen molar-refractivity contribution >= 4 is 87.5 Å². The zero-order chi connectivity index (χ0) is 18.1. The topological polar surface area (TPSA) is 119 Å². The van der Waals surface area contributed by atoms with Gasteiger partial charge in [-0.2, -0.15) is 44.9 Å². The van der Waals surface area contributed by atoms with Crippen molar-refractivity contribution in [2.45, 2.75) is 0 Å². The van der Waals surface area contributed by atoms with Gasteiger partial charge in [-0.3, -0.25) is 0 Å². The summed E-state index contributed by atoms with van der Waals surface area (Å²) >= 11 is 34.9. The molecule has 0 unspecified atom stereocenters. The molecule has 3 aromatic heterocycles. The number of hydrogen-bond donors (Lipinski definition) is 0. The summed E-state index contributed by atoms with van der Waals surface area (Å²) in [7, 11) is 0. The van der Waals surface area contributed by atoms with Crippen molar-refractivity contribution < 1.29 is 0 Å². The second-order valence-electron chi connectivity index (χ2n) is 3.86. The smallest absolute Gasteiger partial charge is 0.213 e. The first kappa shape index (κ1) is 18.4. The summed E-state index contributed by atoms with van der Waals surface area (Å²) in [5.41, 5.74) is 0. The highest BCUT2D eigenvalue weighted by Crippen LogP contribution is 2.30. The third-order valence-electron chi connectivity index (χ3n) is 2.31. The van der Waals surface area contributed by atoms with Crippen molar-refractivity contribution in [2.24, 2.45) is 0 Å². The Labute approximate surface area is 168 Å². The van der Waals surface area contributed by atoms with Gasteiger partial charge in [-0.15, -0.1) is 0 Å². The Hall–Kier alpha value is -1.43. The minimum absolute atomic E-state index is 0.151. The van der Waals surface area contributed by atoms with Crippen LogP contribution in [0, 0.1) is 0 Å². The van der Waals surface area contributed by atoms with E-state index in [4.69, 9.17) is 69.6 Å². The van der Waals surface area contributed by atoms with Crippen LogP contribution < -0.4 is 4.90 Å². The third kappa shape index (κ3) is 4.40. The summed E-state index contributed by atoms with van der Waals surface area (Å²) in [6.07, 6.45) is 0. The van der Waals surface area contributed by atoms with E-state index in [1.54, 1.807) is 0 Å². The normalized spacial score (nSPS) is 10.8. The second kappa shape index (κ2) is 7.44. The third-order valence-corrected chi connectivity index (χ3v) is 3.32. The Morgan fingerprint density at radius 3 is 0.760 bits per heavy atom. The average Bonchev–Trinajstić information content (AvgIpc) is 2.44. The van der Waals surface area contributed by atoms with Gasteiger partial charge in [-0.1, -0.05) is 0 Å². The Morgan fingerprint density at radius 2 is 0.560 bits per heavy atom. The molecule has 0 amide bonds. The van der Waals surface area contributed by atoms with Gasteiger partial charge >= 0.3 is 0 Å². The van der Waals surface area contributed by atoms with Crippen molar-refractivity contribution in [1.82, 2.24) is 44.9 Å². The molecular formula is C9Cl6N10. The molecule has 0 spiro atoms.